The lowest BCUT2D eigenvalue weighted by Gasteiger charge is -2.29. The molecule has 0 bridgehead atoms. The van der Waals surface area contributed by atoms with Crippen LogP contribution in [0.4, 0.5) is 5.69 Å². The number of nitrogens with zero attached hydrogens (tertiary/aromatic N) is 5. The Bertz CT molecular complexity index is 2530. The number of pyridine rings is 1. The van der Waals surface area contributed by atoms with Gasteiger partial charge in [-0.3, -0.25) is 39.1 Å². The summed E-state index contributed by atoms with van der Waals surface area (Å²) in [5.41, 5.74) is 10.6. The fourth-order valence-corrected chi connectivity index (χ4v) is 7.66. The molecule has 2 aromatic carbocycles. The molecular weight excluding hydrogens is 811 g/mol. The third kappa shape index (κ3) is 10.4. The maximum Gasteiger partial charge on any atom is 0.277 e. The lowest BCUT2D eigenvalue weighted by molar-refractivity contribution is -0.136. The molecule has 2 fully saturated rings. The van der Waals surface area contributed by atoms with Gasteiger partial charge in [-0.1, -0.05) is 25.0 Å². The van der Waals surface area contributed by atoms with Crippen LogP contribution in [0.1, 0.15) is 97.0 Å². The molecule has 0 radical (unpaired) electrons. The van der Waals surface area contributed by atoms with Gasteiger partial charge in [-0.15, -0.1) is 0 Å². The van der Waals surface area contributed by atoms with Crippen molar-refractivity contribution in [1.82, 2.24) is 35.3 Å². The van der Waals surface area contributed by atoms with E-state index in [0.29, 0.717) is 61.6 Å². The number of piperidine rings is 1. The van der Waals surface area contributed by atoms with Gasteiger partial charge in [-0.2, -0.15) is 5.10 Å². The summed E-state index contributed by atoms with van der Waals surface area (Å²) in [6, 6.07) is 15.1. The highest BCUT2D eigenvalue weighted by Gasteiger charge is 2.39. The molecule has 1 aliphatic carbocycles. The van der Waals surface area contributed by atoms with Crippen molar-refractivity contribution in [2.75, 3.05) is 38.3 Å². The first kappa shape index (κ1) is 42.6. The second-order valence-electron chi connectivity index (χ2n) is 15.7. The van der Waals surface area contributed by atoms with Gasteiger partial charge >= 0.3 is 0 Å². The highest BCUT2D eigenvalue weighted by Crippen LogP contribution is 2.34. The normalized spacial score (nSPS) is 15.9. The Kier molecular flexibility index (Phi) is 13.1. The van der Waals surface area contributed by atoms with Crippen LogP contribution in [0.5, 0.6) is 0 Å². The Hall–Kier alpha value is -7.05. The first-order valence-corrected chi connectivity index (χ1v) is 21.0. The quantitative estimate of drug-likeness (QED) is 0.0646. The number of carbonyl (C=O) groups excluding carboxylic acids is 6. The maximum absolute atomic E-state index is 13.2. The van der Waals surface area contributed by atoms with Crippen molar-refractivity contribution in [3.63, 3.8) is 0 Å². The van der Waals surface area contributed by atoms with E-state index in [4.69, 9.17) is 19.6 Å². The predicted octanol–water partition coefficient (Wildman–Crippen LogP) is 3.77. The number of ether oxygens (including phenoxy) is 2. The number of nitrogens with one attached hydrogen (secondary N) is 3. The molecule has 1 saturated carbocycles. The van der Waals surface area contributed by atoms with Crippen molar-refractivity contribution < 1.29 is 42.7 Å². The zero-order chi connectivity index (χ0) is 43.9. The van der Waals surface area contributed by atoms with Gasteiger partial charge in [0.25, 0.3) is 23.6 Å². The van der Waals surface area contributed by atoms with Crippen LogP contribution < -0.4 is 21.7 Å². The zero-order valence-corrected chi connectivity index (χ0v) is 34.5. The maximum atomic E-state index is 13.2. The van der Waals surface area contributed by atoms with Gasteiger partial charge < -0.3 is 35.2 Å². The summed E-state index contributed by atoms with van der Waals surface area (Å²) >= 11 is 0. The van der Waals surface area contributed by atoms with Crippen LogP contribution in [0.2, 0.25) is 0 Å². The molecule has 5 heterocycles. The number of carbonyl (C=O) groups is 6. The number of aromatic nitrogens is 4. The average molecular weight is 858 g/mol. The van der Waals surface area contributed by atoms with Crippen LogP contribution in [-0.2, 0) is 38.4 Å². The van der Waals surface area contributed by atoms with Gasteiger partial charge in [0.2, 0.25) is 17.7 Å². The smallest absolute Gasteiger partial charge is 0.277 e. The average Bonchev–Trinajstić information content (AvgIpc) is 3.63. The molecule has 1 unspecified atom stereocenters. The summed E-state index contributed by atoms with van der Waals surface area (Å²) in [6.45, 7) is 2.08. The van der Waals surface area contributed by atoms with Gasteiger partial charge in [0, 0.05) is 54.7 Å². The number of hydrogen-bond acceptors (Lipinski definition) is 12. The van der Waals surface area contributed by atoms with E-state index in [9.17, 15) is 28.8 Å². The number of aryl methyl sites for hydroxylation is 2. The Morgan fingerprint density at radius 2 is 1.75 bits per heavy atom. The second-order valence-corrected chi connectivity index (χ2v) is 15.7. The van der Waals surface area contributed by atoms with E-state index in [1.807, 2.05) is 18.2 Å². The van der Waals surface area contributed by atoms with Crippen molar-refractivity contribution in [3.05, 3.63) is 113 Å². The summed E-state index contributed by atoms with van der Waals surface area (Å²) in [5, 5.41) is 12.1. The van der Waals surface area contributed by atoms with Gasteiger partial charge in [-0.25, -0.2) is 9.67 Å². The van der Waals surface area contributed by atoms with E-state index in [0.717, 1.165) is 42.0 Å². The fraction of sp³-hybridized carbons (Fsp3) is 0.356. The summed E-state index contributed by atoms with van der Waals surface area (Å²) in [7, 11) is 0. The highest BCUT2D eigenvalue weighted by molar-refractivity contribution is 6.07. The third-order valence-electron chi connectivity index (χ3n) is 11.2. The van der Waals surface area contributed by atoms with Gasteiger partial charge in [0.15, 0.2) is 11.4 Å². The van der Waals surface area contributed by atoms with Gasteiger partial charge in [0.05, 0.1) is 37.4 Å². The highest BCUT2D eigenvalue weighted by atomic mass is 16.5. The number of nitrogens with two attached hydrogens (primary N) is 1. The molecule has 18 nitrogen and oxygen atoms in total. The molecule has 1 atom stereocenters. The van der Waals surface area contributed by atoms with E-state index < -0.39 is 23.8 Å². The van der Waals surface area contributed by atoms with Crippen LogP contribution in [0.25, 0.3) is 17.1 Å². The molecular formula is C45H47N9O9. The minimum atomic E-state index is -0.849. The van der Waals surface area contributed by atoms with Crippen LogP contribution in [0, 0.1) is 5.92 Å². The van der Waals surface area contributed by atoms with Crippen LogP contribution in [0.15, 0.2) is 77.7 Å². The lowest BCUT2D eigenvalue weighted by atomic mass is 10.00. The first-order chi connectivity index (χ1) is 30.6. The third-order valence-corrected chi connectivity index (χ3v) is 11.2. The van der Waals surface area contributed by atoms with Crippen molar-refractivity contribution in [2.45, 2.75) is 64.0 Å². The summed E-state index contributed by atoms with van der Waals surface area (Å²) in [4.78, 5) is 85.6. The largest absolute Gasteiger partial charge is 0.444 e. The molecule has 3 aliphatic rings. The number of amides is 6. The first-order valence-electron chi connectivity index (χ1n) is 21.0. The summed E-state index contributed by atoms with van der Waals surface area (Å²) in [6.07, 6.45) is 10.8. The Morgan fingerprint density at radius 3 is 2.52 bits per heavy atom. The van der Waals surface area contributed by atoms with E-state index in [1.165, 1.54) is 30.0 Å². The molecule has 0 spiro atoms. The van der Waals surface area contributed by atoms with Crippen LogP contribution >= 0.6 is 0 Å². The minimum Gasteiger partial charge on any atom is -0.444 e. The van der Waals surface area contributed by atoms with Gasteiger partial charge in [0.1, 0.15) is 12.3 Å². The SMILES string of the molecule is NC(=O)c1nn(-c2ccc(C(=O)NCCOCCOCCCc3cccc4c3CN(C3CCC(=O)NC3=O)C4=O)cc2)cc1NC(=O)c1coc(-c2ccnc(CCC3CC3)c2)n1. The van der Waals surface area contributed by atoms with Gasteiger partial charge in [-0.05, 0) is 91.6 Å². The molecule has 8 rings (SSSR count). The molecule has 3 aromatic heterocycles. The number of oxazole rings is 1. The number of benzene rings is 2. The molecule has 5 aromatic rings. The number of imide groups is 1. The second kappa shape index (κ2) is 19.3. The van der Waals surface area contributed by atoms with Crippen molar-refractivity contribution >= 4 is 41.1 Å². The van der Waals surface area contributed by atoms with Crippen molar-refractivity contribution in [1.29, 1.82) is 0 Å². The minimum absolute atomic E-state index is 0.00165. The van der Waals surface area contributed by atoms with Crippen LogP contribution in [0.3, 0.4) is 0 Å². The molecule has 18 heteroatoms. The predicted molar refractivity (Wildman–Crippen MR) is 226 cm³/mol. The number of hydrogen-bond donors (Lipinski definition) is 4. The Labute approximate surface area is 361 Å². The molecule has 63 heavy (non-hydrogen) atoms. The topological polar surface area (TPSA) is 243 Å². The van der Waals surface area contributed by atoms with E-state index in [2.05, 4.69) is 31.0 Å². The monoisotopic (exact) mass is 857 g/mol. The molecule has 1 saturated heterocycles. The molecule has 2 aliphatic heterocycles. The number of anilines is 1. The molecule has 6 amide bonds. The van der Waals surface area contributed by atoms with Crippen LogP contribution in [-0.4, -0.2) is 99.1 Å². The Balaban J connectivity index is 0.738. The molecule has 326 valence electrons. The summed E-state index contributed by atoms with van der Waals surface area (Å²) in [5.74, 6) is -1.67. The fourth-order valence-electron chi connectivity index (χ4n) is 7.66. The molecule has 5 N–H and O–H groups in total. The van der Waals surface area contributed by atoms with E-state index in [-0.39, 0.29) is 60.3 Å². The zero-order valence-electron chi connectivity index (χ0n) is 34.5. The van der Waals surface area contributed by atoms with Crippen molar-refractivity contribution in [2.24, 2.45) is 11.7 Å². The van der Waals surface area contributed by atoms with Crippen molar-refractivity contribution in [3.8, 4) is 17.1 Å². The Morgan fingerprint density at radius 1 is 0.937 bits per heavy atom. The lowest BCUT2D eigenvalue weighted by Crippen LogP contribution is -2.52. The van der Waals surface area contributed by atoms with E-state index in [1.54, 1.807) is 47.5 Å². The van der Waals surface area contributed by atoms with E-state index >= 15 is 0 Å². The summed E-state index contributed by atoms with van der Waals surface area (Å²) < 4.78 is 18.3. The number of fused-ring (bicyclic) bond motifs is 1. The standard InChI is InChI=1S/C45H47N9O9/c46-40(56)39-35(49-42(58)36-26-63-44(50-36)30-16-17-47-31(23-30)11-8-27-6-7-27)25-54(52-39)32-12-9-29(10-13-32)41(57)48-18-20-62-22-21-61-19-2-4-28-3-1-5-33-34(28)24-53(45(33)60)37-14-15-38(55)51-43(37)59/h1,3,5,9-10,12-13,16-17,23,25-27,37H,2,4,6-8,11,14-15,18-22,24H2,(H2,46,56)(H,48,57)(H,49,58)(H,51,55,59). The number of rotatable bonds is 20. The number of primary amides is 1.